The zero-order valence-electron chi connectivity index (χ0n) is 10.1. The molecule has 0 radical (unpaired) electrons. The van der Waals surface area contributed by atoms with Gasteiger partial charge >= 0.3 is 0 Å². The smallest absolute Gasteiger partial charge is 0.205 e. The minimum Gasteiger partial charge on any atom is -0.360 e. The van der Waals surface area contributed by atoms with Gasteiger partial charge in [-0.3, -0.25) is 4.79 Å². The van der Waals surface area contributed by atoms with Crippen molar-refractivity contribution in [3.8, 4) is 0 Å². The van der Waals surface area contributed by atoms with Gasteiger partial charge in [0.05, 0.1) is 15.5 Å². The van der Waals surface area contributed by atoms with E-state index in [4.69, 9.17) is 11.6 Å². The predicted molar refractivity (Wildman–Crippen MR) is 86.4 cm³/mol. The average molecular weight is 318 g/mol. The fourth-order valence-electron chi connectivity index (χ4n) is 2.33. The van der Waals surface area contributed by atoms with E-state index in [9.17, 15) is 4.79 Å². The summed E-state index contributed by atoms with van der Waals surface area (Å²) in [5, 5.41) is 3.44. The highest BCUT2D eigenvalue weighted by atomic mass is 35.5. The van der Waals surface area contributed by atoms with Crippen LogP contribution in [0.1, 0.15) is 15.2 Å². The summed E-state index contributed by atoms with van der Waals surface area (Å²) in [6.07, 6.45) is 1.74. The van der Waals surface area contributed by atoms with Crippen molar-refractivity contribution in [3.63, 3.8) is 0 Å². The molecule has 0 atom stereocenters. The maximum atomic E-state index is 12.7. The topological polar surface area (TPSA) is 32.9 Å². The molecule has 20 heavy (non-hydrogen) atoms. The number of benzene rings is 1. The molecule has 4 rings (SSSR count). The Balaban J connectivity index is 1.90. The summed E-state index contributed by atoms with van der Waals surface area (Å²) in [6.45, 7) is 0. The molecule has 4 aromatic rings. The number of carbonyl (C=O) groups is 1. The molecular weight excluding hydrogens is 310 g/mol. The minimum absolute atomic E-state index is 0.0257. The first-order valence-corrected chi connectivity index (χ1v) is 8.09. The Labute approximate surface area is 127 Å². The Kier molecular flexibility index (Phi) is 2.70. The maximum Gasteiger partial charge on any atom is 0.205 e. The Bertz CT molecular complexity index is 919. The minimum atomic E-state index is 0.0257. The number of aromatic nitrogens is 1. The third-order valence-corrected chi connectivity index (χ3v) is 5.67. The van der Waals surface area contributed by atoms with Crippen molar-refractivity contribution in [2.45, 2.75) is 0 Å². The fourth-order valence-corrected chi connectivity index (χ4v) is 4.67. The lowest BCUT2D eigenvalue weighted by Crippen LogP contribution is -1.97. The molecular formula is C15H8ClNOS2. The van der Waals surface area contributed by atoms with Crippen LogP contribution in [0.3, 0.4) is 0 Å². The third kappa shape index (κ3) is 1.73. The van der Waals surface area contributed by atoms with Crippen LogP contribution in [0.5, 0.6) is 0 Å². The first-order chi connectivity index (χ1) is 9.74. The highest BCUT2D eigenvalue weighted by molar-refractivity contribution is 7.28. The molecule has 1 aromatic carbocycles. The Morgan fingerprint density at radius 2 is 2.10 bits per heavy atom. The van der Waals surface area contributed by atoms with E-state index in [0.717, 1.165) is 25.2 Å². The molecule has 0 amide bonds. The van der Waals surface area contributed by atoms with E-state index in [-0.39, 0.29) is 5.78 Å². The molecule has 3 aromatic heterocycles. The van der Waals surface area contributed by atoms with Gasteiger partial charge in [-0.15, -0.1) is 22.7 Å². The molecule has 3 heterocycles. The lowest BCUT2D eigenvalue weighted by Gasteiger charge is -1.98. The highest BCUT2D eigenvalue weighted by Gasteiger charge is 2.18. The number of carbonyl (C=O) groups excluding carboxylic acids is 1. The average Bonchev–Trinajstić information content (AvgIpc) is 3.11. The van der Waals surface area contributed by atoms with E-state index in [0.29, 0.717) is 10.6 Å². The maximum absolute atomic E-state index is 12.7. The number of thiophene rings is 2. The Morgan fingerprint density at radius 3 is 2.95 bits per heavy atom. The van der Waals surface area contributed by atoms with Gasteiger partial charge in [0.15, 0.2) is 0 Å². The van der Waals surface area contributed by atoms with Crippen molar-refractivity contribution in [3.05, 3.63) is 57.4 Å². The van der Waals surface area contributed by atoms with Gasteiger partial charge in [-0.2, -0.15) is 0 Å². The number of halogens is 1. The zero-order chi connectivity index (χ0) is 13.7. The number of aromatic amines is 1. The van der Waals surface area contributed by atoms with Gasteiger partial charge in [-0.25, -0.2) is 0 Å². The van der Waals surface area contributed by atoms with E-state index >= 15 is 0 Å². The highest BCUT2D eigenvalue weighted by Crippen LogP contribution is 2.34. The van der Waals surface area contributed by atoms with Crippen molar-refractivity contribution < 1.29 is 4.79 Å². The van der Waals surface area contributed by atoms with Crippen LogP contribution in [0.4, 0.5) is 0 Å². The summed E-state index contributed by atoms with van der Waals surface area (Å²) >= 11 is 9.41. The van der Waals surface area contributed by atoms with Gasteiger partial charge in [0.25, 0.3) is 0 Å². The van der Waals surface area contributed by atoms with Crippen LogP contribution < -0.4 is 0 Å². The molecule has 2 nitrogen and oxygen atoms in total. The second kappa shape index (κ2) is 4.45. The number of fused-ring (bicyclic) bond motifs is 2. The number of H-pyrrole nitrogens is 1. The van der Waals surface area contributed by atoms with E-state index in [1.165, 1.54) is 11.3 Å². The summed E-state index contributed by atoms with van der Waals surface area (Å²) in [5.74, 6) is 0.0257. The molecule has 0 bridgehead atoms. The fraction of sp³-hybridized carbons (Fsp3) is 0. The van der Waals surface area contributed by atoms with Crippen LogP contribution in [0.2, 0.25) is 5.02 Å². The molecule has 0 spiro atoms. The van der Waals surface area contributed by atoms with Gasteiger partial charge in [0.1, 0.15) is 0 Å². The summed E-state index contributed by atoms with van der Waals surface area (Å²) in [5.41, 5.74) is 1.53. The van der Waals surface area contributed by atoms with Crippen LogP contribution in [0.15, 0.2) is 41.9 Å². The van der Waals surface area contributed by atoms with Crippen molar-refractivity contribution >= 4 is 60.4 Å². The molecule has 1 N–H and O–H groups in total. The van der Waals surface area contributed by atoms with Gasteiger partial charge in [0.2, 0.25) is 5.78 Å². The zero-order valence-corrected chi connectivity index (χ0v) is 12.5. The van der Waals surface area contributed by atoms with E-state index in [2.05, 4.69) is 4.98 Å². The number of hydrogen-bond acceptors (Lipinski definition) is 3. The first kappa shape index (κ1) is 12.1. The molecule has 0 aliphatic carbocycles. The quantitative estimate of drug-likeness (QED) is 0.498. The third-order valence-electron chi connectivity index (χ3n) is 3.26. The Morgan fingerprint density at radius 1 is 1.20 bits per heavy atom. The SMILES string of the molecule is O=C(c1cc2sccc2s1)c1c[nH]c2cccc(Cl)c12. The van der Waals surface area contributed by atoms with Gasteiger partial charge in [-0.05, 0) is 29.6 Å². The standard InChI is InChI=1S/C15H8ClNOS2/c16-9-2-1-3-10-14(9)8(7-17-10)15(18)13-6-12-11(20-13)4-5-19-12/h1-7,17H. The largest absolute Gasteiger partial charge is 0.360 e. The number of rotatable bonds is 2. The van der Waals surface area contributed by atoms with Crippen molar-refractivity contribution in [1.29, 1.82) is 0 Å². The lowest BCUT2D eigenvalue weighted by molar-refractivity contribution is 0.104. The van der Waals surface area contributed by atoms with Crippen LogP contribution >= 0.6 is 34.3 Å². The molecule has 98 valence electrons. The molecule has 0 aliphatic heterocycles. The lowest BCUT2D eigenvalue weighted by atomic mass is 10.1. The molecule has 0 saturated carbocycles. The van der Waals surface area contributed by atoms with E-state index in [1.807, 2.05) is 35.7 Å². The van der Waals surface area contributed by atoms with E-state index < -0.39 is 0 Å². The van der Waals surface area contributed by atoms with Crippen LogP contribution in [0, 0.1) is 0 Å². The summed E-state index contributed by atoms with van der Waals surface area (Å²) in [4.78, 5) is 16.5. The normalized spacial score (nSPS) is 11.4. The number of ketones is 1. The van der Waals surface area contributed by atoms with Gasteiger partial charge < -0.3 is 4.98 Å². The van der Waals surface area contributed by atoms with Gasteiger partial charge in [0, 0.05) is 26.5 Å². The number of hydrogen-bond donors (Lipinski definition) is 1. The number of nitrogens with one attached hydrogen (secondary N) is 1. The summed E-state index contributed by atoms with van der Waals surface area (Å²) in [6, 6.07) is 9.61. The predicted octanol–water partition coefficient (Wildman–Crippen LogP) is 5.33. The van der Waals surface area contributed by atoms with E-state index in [1.54, 1.807) is 17.5 Å². The van der Waals surface area contributed by atoms with Gasteiger partial charge in [-0.1, -0.05) is 17.7 Å². The monoisotopic (exact) mass is 317 g/mol. The molecule has 0 aliphatic rings. The Hall–Kier alpha value is -1.62. The van der Waals surface area contributed by atoms with Crippen LogP contribution in [-0.4, -0.2) is 10.8 Å². The van der Waals surface area contributed by atoms with Crippen molar-refractivity contribution in [2.24, 2.45) is 0 Å². The molecule has 0 fully saturated rings. The molecule has 0 unspecified atom stereocenters. The summed E-state index contributed by atoms with van der Waals surface area (Å²) in [7, 11) is 0. The first-order valence-electron chi connectivity index (χ1n) is 6.01. The van der Waals surface area contributed by atoms with Crippen molar-refractivity contribution in [1.82, 2.24) is 4.98 Å². The van der Waals surface area contributed by atoms with Crippen LogP contribution in [0.25, 0.3) is 20.3 Å². The van der Waals surface area contributed by atoms with Crippen molar-refractivity contribution in [2.75, 3.05) is 0 Å². The second-order valence-electron chi connectivity index (χ2n) is 4.45. The summed E-state index contributed by atoms with van der Waals surface area (Å²) < 4.78 is 2.31. The molecule has 0 saturated heterocycles. The molecule has 5 heteroatoms. The second-order valence-corrected chi connectivity index (χ2v) is 6.89. The van der Waals surface area contributed by atoms with Crippen LogP contribution in [-0.2, 0) is 0 Å².